The number of ether oxygens (including phenoxy) is 2. The molecule has 2 aromatic carbocycles. The lowest BCUT2D eigenvalue weighted by molar-refractivity contribution is 0.0899. The molecule has 49 heavy (non-hydrogen) atoms. The van der Waals surface area contributed by atoms with Crippen molar-refractivity contribution in [3.8, 4) is 5.75 Å². The van der Waals surface area contributed by atoms with Crippen LogP contribution in [-0.4, -0.2) is 87.8 Å². The van der Waals surface area contributed by atoms with Crippen LogP contribution in [0.25, 0.3) is 11.0 Å². The zero-order chi connectivity index (χ0) is 34.8. The molecule has 264 valence electrons. The van der Waals surface area contributed by atoms with Crippen LogP contribution in [0.15, 0.2) is 54.7 Å². The number of methoxy groups -OCH3 is 1. The first kappa shape index (κ1) is 35.5. The highest BCUT2D eigenvalue weighted by molar-refractivity contribution is 7.70. The number of para-hydroxylation sites is 1. The number of hydrogen-bond acceptors (Lipinski definition) is 9. The van der Waals surface area contributed by atoms with E-state index in [2.05, 4.69) is 65.3 Å². The van der Waals surface area contributed by atoms with Gasteiger partial charge in [0.25, 0.3) is 0 Å². The maximum atomic E-state index is 13.2. The first-order valence-corrected chi connectivity index (χ1v) is 23.9. The molecule has 0 amide bonds. The zero-order valence-corrected chi connectivity index (χ0v) is 32.3. The maximum Gasteiger partial charge on any atom is 0.231 e. The van der Waals surface area contributed by atoms with E-state index < -0.39 is 15.2 Å². The average Bonchev–Trinajstić information content (AvgIpc) is 3.47. The van der Waals surface area contributed by atoms with Crippen LogP contribution in [0.2, 0.25) is 25.7 Å². The summed E-state index contributed by atoms with van der Waals surface area (Å²) >= 11 is 0. The van der Waals surface area contributed by atoms with Crippen molar-refractivity contribution in [3.05, 3.63) is 54.7 Å². The van der Waals surface area contributed by atoms with Gasteiger partial charge < -0.3 is 39.0 Å². The summed E-state index contributed by atoms with van der Waals surface area (Å²) in [5.74, 6) is 1.79. The van der Waals surface area contributed by atoms with Crippen LogP contribution in [0.4, 0.5) is 28.8 Å². The SMILES string of the molecule is COc1cc(N2CCC3(CCN(C)CC3)CC2)ccc1Nc1nc(Nc2ccccc2P(C)(C)=O)c2ccn(COCC[Si](C)(C)C)c2n1. The molecule has 2 aliphatic heterocycles. The Morgan fingerprint density at radius 1 is 0.918 bits per heavy atom. The van der Waals surface area contributed by atoms with Gasteiger partial charge in [0.2, 0.25) is 5.95 Å². The lowest BCUT2D eigenvalue weighted by Gasteiger charge is -2.47. The highest BCUT2D eigenvalue weighted by Crippen LogP contribution is 2.43. The predicted molar refractivity (Wildman–Crippen MR) is 207 cm³/mol. The zero-order valence-electron chi connectivity index (χ0n) is 30.4. The molecule has 2 N–H and O–H groups in total. The van der Waals surface area contributed by atoms with Gasteiger partial charge in [-0.25, -0.2) is 0 Å². The van der Waals surface area contributed by atoms with Gasteiger partial charge in [-0.1, -0.05) is 31.8 Å². The monoisotopic (exact) mass is 703 g/mol. The summed E-state index contributed by atoms with van der Waals surface area (Å²) in [6.45, 7) is 16.3. The van der Waals surface area contributed by atoms with Crippen molar-refractivity contribution < 1.29 is 14.0 Å². The van der Waals surface area contributed by atoms with E-state index in [0.29, 0.717) is 30.5 Å². The third-order valence-corrected chi connectivity index (χ3v) is 13.5. The summed E-state index contributed by atoms with van der Waals surface area (Å²) in [5, 5.41) is 8.59. The standard InChI is InChI=1S/C37H54N7O3PSi/c1-42-20-15-37(16-21-42)17-22-43(23-18-37)28-12-13-30(32(26-28)46-2)39-36-40-34(38-31-10-8-9-11-33(31)48(3,4)45)29-14-19-44(35(29)41-36)27-47-24-25-49(5,6)7/h8-14,19,26H,15-18,20-25,27H2,1-7H3,(H2,38,39,40,41). The molecule has 0 aliphatic carbocycles. The van der Waals surface area contributed by atoms with Gasteiger partial charge in [0, 0.05) is 51.0 Å². The summed E-state index contributed by atoms with van der Waals surface area (Å²) in [6, 6.07) is 17.2. The Hall–Kier alpha value is -3.37. The third kappa shape index (κ3) is 8.51. The van der Waals surface area contributed by atoms with E-state index in [4.69, 9.17) is 19.4 Å². The second-order valence-electron chi connectivity index (χ2n) is 15.6. The minimum absolute atomic E-state index is 0.394. The quantitative estimate of drug-likeness (QED) is 0.0871. The number of fused-ring (bicyclic) bond motifs is 1. The Morgan fingerprint density at radius 3 is 2.33 bits per heavy atom. The van der Waals surface area contributed by atoms with Gasteiger partial charge in [-0.15, -0.1) is 0 Å². The van der Waals surface area contributed by atoms with Gasteiger partial charge in [0.15, 0.2) is 0 Å². The number of benzene rings is 2. The van der Waals surface area contributed by atoms with Gasteiger partial charge in [0.05, 0.1) is 23.9 Å². The minimum atomic E-state index is -2.55. The first-order valence-electron chi connectivity index (χ1n) is 17.6. The molecule has 0 atom stereocenters. The minimum Gasteiger partial charge on any atom is -0.494 e. The Kier molecular flexibility index (Phi) is 10.5. The van der Waals surface area contributed by atoms with Crippen molar-refractivity contribution >= 4 is 60.4 Å². The number of rotatable bonds is 12. The lowest BCUT2D eigenvalue weighted by Crippen LogP contribution is -2.46. The van der Waals surface area contributed by atoms with Crippen LogP contribution >= 0.6 is 7.14 Å². The number of nitrogens with one attached hydrogen (secondary N) is 2. The molecule has 6 rings (SSSR count). The maximum absolute atomic E-state index is 13.2. The summed E-state index contributed by atoms with van der Waals surface area (Å²) in [5.41, 5.74) is 3.98. The van der Waals surface area contributed by atoms with Gasteiger partial charge in [0.1, 0.15) is 31.1 Å². The summed E-state index contributed by atoms with van der Waals surface area (Å²) in [6.07, 6.45) is 7.08. The number of piperidine rings is 2. The summed E-state index contributed by atoms with van der Waals surface area (Å²) in [7, 11) is 0.179. The molecular weight excluding hydrogens is 650 g/mol. The van der Waals surface area contributed by atoms with Gasteiger partial charge in [-0.2, -0.15) is 9.97 Å². The molecule has 4 aromatic rings. The molecule has 0 saturated carbocycles. The van der Waals surface area contributed by atoms with Crippen LogP contribution < -0.4 is 25.6 Å². The van der Waals surface area contributed by atoms with Crippen LogP contribution in [0.3, 0.4) is 0 Å². The number of nitrogens with zero attached hydrogens (tertiary/aromatic N) is 5. The number of aromatic nitrogens is 3. The van der Waals surface area contributed by atoms with E-state index in [1.165, 1.54) is 44.5 Å². The average molecular weight is 704 g/mol. The fourth-order valence-electron chi connectivity index (χ4n) is 6.97. The van der Waals surface area contributed by atoms with Crippen LogP contribution in [0.1, 0.15) is 25.7 Å². The van der Waals surface area contributed by atoms with Crippen molar-refractivity contribution in [2.45, 2.75) is 58.1 Å². The van der Waals surface area contributed by atoms with E-state index in [0.717, 1.165) is 52.6 Å². The van der Waals surface area contributed by atoms with Crippen molar-refractivity contribution in [2.24, 2.45) is 5.41 Å². The van der Waals surface area contributed by atoms with Crippen LogP contribution in [-0.2, 0) is 16.0 Å². The Bertz CT molecular complexity index is 1800. The summed E-state index contributed by atoms with van der Waals surface area (Å²) in [4.78, 5) is 14.9. The number of likely N-dealkylation sites (tertiary alicyclic amines) is 1. The smallest absolute Gasteiger partial charge is 0.231 e. The van der Waals surface area contributed by atoms with Crippen LogP contribution in [0.5, 0.6) is 5.75 Å². The molecule has 4 heterocycles. The van der Waals surface area contributed by atoms with E-state index in [-0.39, 0.29) is 0 Å². The second kappa shape index (κ2) is 14.5. The van der Waals surface area contributed by atoms with Crippen molar-refractivity contribution in [2.75, 3.05) is 75.8 Å². The molecule has 12 heteroatoms. The molecule has 0 radical (unpaired) electrons. The normalized spacial score (nSPS) is 17.1. The molecule has 2 saturated heterocycles. The van der Waals surface area contributed by atoms with Crippen LogP contribution in [0, 0.1) is 5.41 Å². The van der Waals surface area contributed by atoms with E-state index in [1.54, 1.807) is 20.4 Å². The fraction of sp³-hybridized carbons (Fsp3) is 0.514. The van der Waals surface area contributed by atoms with E-state index >= 15 is 0 Å². The molecule has 2 aliphatic rings. The predicted octanol–water partition coefficient (Wildman–Crippen LogP) is 7.80. The Labute approximate surface area is 293 Å². The molecule has 0 bridgehead atoms. The van der Waals surface area contributed by atoms with E-state index in [1.807, 2.05) is 41.1 Å². The fourth-order valence-corrected chi connectivity index (χ4v) is 8.88. The summed E-state index contributed by atoms with van der Waals surface area (Å²) < 4.78 is 27.3. The van der Waals surface area contributed by atoms with Crippen molar-refractivity contribution in [1.82, 2.24) is 19.4 Å². The van der Waals surface area contributed by atoms with Gasteiger partial charge in [-0.3, -0.25) is 0 Å². The Balaban J connectivity index is 1.27. The number of anilines is 5. The molecule has 2 aromatic heterocycles. The Morgan fingerprint density at radius 2 is 1.63 bits per heavy atom. The first-order chi connectivity index (χ1) is 23.3. The second-order valence-corrected chi connectivity index (χ2v) is 24.4. The topological polar surface area (TPSA) is 96.8 Å². The van der Waals surface area contributed by atoms with Crippen molar-refractivity contribution in [1.29, 1.82) is 0 Å². The highest BCUT2D eigenvalue weighted by Gasteiger charge is 2.37. The molecule has 10 nitrogen and oxygen atoms in total. The third-order valence-electron chi connectivity index (χ3n) is 10.3. The lowest BCUT2D eigenvalue weighted by atomic mass is 9.71. The largest absolute Gasteiger partial charge is 0.494 e. The highest BCUT2D eigenvalue weighted by atomic mass is 31.2. The molecule has 0 unspecified atom stereocenters. The molecule has 2 fully saturated rings. The number of hydrogen-bond donors (Lipinski definition) is 2. The van der Waals surface area contributed by atoms with Gasteiger partial charge >= 0.3 is 0 Å². The van der Waals surface area contributed by atoms with E-state index in [9.17, 15) is 4.57 Å². The molecule has 1 spiro atoms. The van der Waals surface area contributed by atoms with Gasteiger partial charge in [-0.05, 0) is 101 Å². The molecular formula is C37H54N7O3PSi. The van der Waals surface area contributed by atoms with Crippen molar-refractivity contribution in [3.63, 3.8) is 0 Å².